The molecule has 0 saturated carbocycles. The van der Waals surface area contributed by atoms with E-state index in [1.165, 1.54) is 0 Å². The van der Waals surface area contributed by atoms with Gasteiger partial charge in [0.1, 0.15) is 6.61 Å². The van der Waals surface area contributed by atoms with Gasteiger partial charge in [-0.15, -0.1) is 10.2 Å². The van der Waals surface area contributed by atoms with Gasteiger partial charge in [-0.3, -0.25) is 0 Å². The summed E-state index contributed by atoms with van der Waals surface area (Å²) >= 11 is 0. The summed E-state index contributed by atoms with van der Waals surface area (Å²) in [6.45, 7) is -0.156. The van der Waals surface area contributed by atoms with Gasteiger partial charge in [-0.25, -0.2) is 0 Å². The van der Waals surface area contributed by atoms with Gasteiger partial charge in [0.15, 0.2) is 5.82 Å². The molecule has 40 valence electrons. The second-order valence-electron chi connectivity index (χ2n) is 0.986. The molecule has 0 amide bonds. The number of rotatable bonds is 1. The molecule has 2 N–H and O–H groups in total. The summed E-state index contributed by atoms with van der Waals surface area (Å²) in [5.74, 6) is 0.319. The number of hydrogen-bond donors (Lipinski definition) is 2. The van der Waals surface area contributed by atoms with Gasteiger partial charge in [-0.1, -0.05) is 5.21 Å². The van der Waals surface area contributed by atoms with Gasteiger partial charge in [-0.2, -0.15) is 5.21 Å². The van der Waals surface area contributed by atoms with Crippen molar-refractivity contribution in [2.75, 3.05) is 0 Å². The summed E-state index contributed by atoms with van der Waals surface area (Å²) in [5.41, 5.74) is 0. The molecule has 0 atom stereocenters. The van der Waals surface area contributed by atoms with Crippen molar-refractivity contribution < 1.29 is 6.53 Å². The quantitative estimate of drug-likeness (QED) is 0.474. The Hall–Kier alpha value is -0.970. The number of nitrogens with zero attached hydrogens (tertiary/aromatic N) is 3. The van der Waals surface area contributed by atoms with Gasteiger partial charge in [0, 0.05) is 1.43 Å². The zero-order valence-corrected chi connectivity index (χ0v) is 3.50. The fourth-order valence-electron chi connectivity index (χ4n) is 0.249. The van der Waals surface area contributed by atoms with Crippen LogP contribution in [0.4, 0.5) is 0 Å². The first-order valence-corrected chi connectivity index (χ1v) is 1.76. The summed E-state index contributed by atoms with van der Waals surface area (Å²) in [7, 11) is 0. The van der Waals surface area contributed by atoms with Crippen molar-refractivity contribution in [2.24, 2.45) is 0 Å². The highest BCUT2D eigenvalue weighted by molar-refractivity contribution is 4.68. The summed E-state index contributed by atoms with van der Waals surface area (Å²) in [6.07, 6.45) is 0. The predicted molar refractivity (Wildman–Crippen MR) is 22.2 cm³/mol. The van der Waals surface area contributed by atoms with Gasteiger partial charge in [0.25, 0.3) is 0 Å². The molecule has 0 aliphatic heterocycles. The number of hydrogen-bond acceptors (Lipinski definition) is 4. The number of aromatic nitrogens is 4. The van der Waals surface area contributed by atoms with Crippen LogP contribution < -0.4 is 0 Å². The highest BCUT2D eigenvalue weighted by atomic mass is 16.3. The average Bonchev–Trinajstić information content (AvgIpc) is 2.14. The molecule has 5 heteroatoms. The van der Waals surface area contributed by atoms with E-state index in [1.54, 1.807) is 0 Å². The van der Waals surface area contributed by atoms with Gasteiger partial charge >= 0.3 is 0 Å². The smallest absolute Gasteiger partial charge is 0.199 e. The van der Waals surface area contributed by atoms with Crippen molar-refractivity contribution in [1.82, 2.24) is 20.6 Å². The second kappa shape index (κ2) is 1.65. The lowest BCUT2D eigenvalue weighted by Gasteiger charge is -1.73. The Morgan fingerprint density at radius 1 is 1.86 bits per heavy atom. The van der Waals surface area contributed by atoms with E-state index < -0.39 is 0 Å². The molecule has 0 aliphatic carbocycles. The SMILES string of the molecule is OCc1nn[nH]n1.[HH]. The third-order valence-corrected chi connectivity index (χ3v) is 0.531. The monoisotopic (exact) mass is 102 g/mol. The first-order valence-electron chi connectivity index (χ1n) is 1.76. The van der Waals surface area contributed by atoms with E-state index in [2.05, 4.69) is 20.6 Å². The molecule has 0 saturated heterocycles. The van der Waals surface area contributed by atoms with Crippen LogP contribution in [0.15, 0.2) is 0 Å². The Morgan fingerprint density at radius 3 is 3.00 bits per heavy atom. The largest absolute Gasteiger partial charge is 0.388 e. The van der Waals surface area contributed by atoms with Crippen molar-refractivity contribution in [3.05, 3.63) is 5.82 Å². The Morgan fingerprint density at radius 2 is 2.71 bits per heavy atom. The minimum atomic E-state index is -0.156. The van der Waals surface area contributed by atoms with Crippen molar-refractivity contribution >= 4 is 0 Å². The lowest BCUT2D eigenvalue weighted by Crippen LogP contribution is -1.83. The standard InChI is InChI=1S/C2H4N4O.H2/c7-1-2-3-5-6-4-2;/h7H,1H2,(H,3,4,5,6);1H. The van der Waals surface area contributed by atoms with Crippen LogP contribution in [-0.4, -0.2) is 25.7 Å². The van der Waals surface area contributed by atoms with Crippen LogP contribution >= 0.6 is 0 Å². The highest BCUT2D eigenvalue weighted by Gasteiger charge is 1.88. The van der Waals surface area contributed by atoms with E-state index >= 15 is 0 Å². The number of aliphatic hydroxyl groups is 1. The van der Waals surface area contributed by atoms with Gasteiger partial charge in [0.05, 0.1) is 0 Å². The zero-order chi connectivity index (χ0) is 5.11. The highest BCUT2D eigenvalue weighted by Crippen LogP contribution is 1.76. The van der Waals surface area contributed by atoms with Crippen molar-refractivity contribution in [3.8, 4) is 0 Å². The number of aliphatic hydroxyl groups excluding tert-OH is 1. The number of H-pyrrole nitrogens is 1. The summed E-state index contributed by atoms with van der Waals surface area (Å²) in [5, 5.41) is 20.5. The number of aromatic amines is 1. The fourth-order valence-corrected chi connectivity index (χ4v) is 0.249. The molecule has 0 aliphatic rings. The molecule has 0 bridgehead atoms. The minimum absolute atomic E-state index is 0. The third kappa shape index (κ3) is 0.716. The molecule has 7 heavy (non-hydrogen) atoms. The molecule has 0 radical (unpaired) electrons. The second-order valence-corrected chi connectivity index (χ2v) is 0.986. The molecular weight excluding hydrogens is 96.0 g/mol. The fraction of sp³-hybridized carbons (Fsp3) is 0.500. The molecule has 1 aromatic rings. The minimum Gasteiger partial charge on any atom is -0.388 e. The first kappa shape index (κ1) is 4.20. The van der Waals surface area contributed by atoms with E-state index in [9.17, 15) is 0 Å². The predicted octanol–water partition coefficient (Wildman–Crippen LogP) is -1.06. The maximum atomic E-state index is 8.24. The average molecular weight is 102 g/mol. The lowest BCUT2D eigenvalue weighted by molar-refractivity contribution is 0.271. The summed E-state index contributed by atoms with van der Waals surface area (Å²) in [4.78, 5) is 0. The van der Waals surface area contributed by atoms with Gasteiger partial charge in [0.2, 0.25) is 0 Å². The van der Waals surface area contributed by atoms with Crippen LogP contribution in [0.25, 0.3) is 0 Å². The third-order valence-electron chi connectivity index (χ3n) is 0.531. The summed E-state index contributed by atoms with van der Waals surface area (Å²) in [6, 6.07) is 0. The Kier molecular flexibility index (Phi) is 0.991. The van der Waals surface area contributed by atoms with E-state index in [0.717, 1.165) is 0 Å². The topological polar surface area (TPSA) is 74.7 Å². The maximum absolute atomic E-state index is 8.24. The summed E-state index contributed by atoms with van der Waals surface area (Å²) < 4.78 is 0. The molecule has 5 nitrogen and oxygen atoms in total. The number of nitrogens with one attached hydrogen (secondary N) is 1. The molecule has 0 aromatic carbocycles. The first-order chi connectivity index (χ1) is 3.43. The van der Waals surface area contributed by atoms with E-state index in [1.807, 2.05) is 0 Å². The van der Waals surface area contributed by atoms with Crippen LogP contribution in [0.3, 0.4) is 0 Å². The van der Waals surface area contributed by atoms with Gasteiger partial charge < -0.3 is 5.11 Å². The van der Waals surface area contributed by atoms with Crippen LogP contribution in [0.5, 0.6) is 0 Å². The molecule has 1 aromatic heterocycles. The maximum Gasteiger partial charge on any atom is 0.199 e. The molecule has 0 unspecified atom stereocenters. The molecule has 0 fully saturated rings. The van der Waals surface area contributed by atoms with Crippen molar-refractivity contribution in [1.29, 1.82) is 0 Å². The van der Waals surface area contributed by atoms with Crippen molar-refractivity contribution in [3.63, 3.8) is 0 Å². The van der Waals surface area contributed by atoms with Crippen molar-refractivity contribution in [2.45, 2.75) is 6.61 Å². The van der Waals surface area contributed by atoms with Crippen LogP contribution in [0.1, 0.15) is 7.25 Å². The Balaban J connectivity index is 0.000000490. The molecule has 0 spiro atoms. The van der Waals surface area contributed by atoms with Gasteiger partial charge in [-0.05, 0) is 0 Å². The zero-order valence-electron chi connectivity index (χ0n) is 3.50. The van der Waals surface area contributed by atoms with Crippen LogP contribution in [-0.2, 0) is 6.61 Å². The normalized spacial score (nSPS) is 9.29. The molecule has 1 heterocycles. The van der Waals surface area contributed by atoms with E-state index in [0.29, 0.717) is 5.82 Å². The number of tetrazole rings is 1. The molecular formula is C2H6N4O. The van der Waals surface area contributed by atoms with Crippen LogP contribution in [0.2, 0.25) is 0 Å². The molecule has 1 rings (SSSR count). The van der Waals surface area contributed by atoms with E-state index in [-0.39, 0.29) is 8.03 Å². The lowest BCUT2D eigenvalue weighted by atomic mass is 10.7. The van der Waals surface area contributed by atoms with E-state index in [4.69, 9.17) is 5.11 Å². The Labute approximate surface area is 40.8 Å². The Bertz CT molecular complexity index is 129. The van der Waals surface area contributed by atoms with Crippen LogP contribution in [0, 0.1) is 0 Å².